The van der Waals surface area contributed by atoms with Crippen LogP contribution in [0.3, 0.4) is 0 Å². The molecule has 8 nitrogen and oxygen atoms in total. The van der Waals surface area contributed by atoms with Gasteiger partial charge in [-0.15, -0.1) is 11.8 Å². The van der Waals surface area contributed by atoms with Crippen molar-refractivity contribution in [2.45, 2.75) is 11.8 Å². The molecule has 206 valence electrons. The van der Waals surface area contributed by atoms with Gasteiger partial charge in [0.2, 0.25) is 11.8 Å². The number of amides is 4. The Balaban J connectivity index is 1.37. The SMILES string of the molecule is Cc1ccc(/C=C(\NC(=O)c2ccccc2)C(=O)Nc2ccc(SCC(=O)Nc3ccc(C(N)=O)cc3)cc2)cc1. The fraction of sp³-hybridized carbons (Fsp3) is 0.0625. The van der Waals surface area contributed by atoms with E-state index in [1.54, 1.807) is 78.9 Å². The standard InChI is InChI=1S/C32H28N4O4S/c1-21-7-9-22(10-8-21)19-28(36-31(39)24-5-3-2-4-6-24)32(40)35-26-15-17-27(18-16-26)41-20-29(37)34-25-13-11-23(12-14-25)30(33)38/h2-19H,20H2,1H3,(H2,33,38)(H,34,37)(H,35,40)(H,36,39)/b28-19-. The van der Waals surface area contributed by atoms with Crippen molar-refractivity contribution in [3.05, 3.63) is 131 Å². The third-order valence-electron chi connectivity index (χ3n) is 5.85. The van der Waals surface area contributed by atoms with Crippen LogP contribution in [0.25, 0.3) is 6.08 Å². The normalized spacial score (nSPS) is 10.9. The van der Waals surface area contributed by atoms with E-state index in [1.807, 2.05) is 37.3 Å². The molecule has 0 aliphatic heterocycles. The maximum atomic E-state index is 13.2. The van der Waals surface area contributed by atoms with Gasteiger partial charge in [0.25, 0.3) is 11.8 Å². The van der Waals surface area contributed by atoms with E-state index in [-0.39, 0.29) is 17.4 Å². The molecule has 9 heteroatoms. The zero-order valence-electron chi connectivity index (χ0n) is 22.2. The first-order valence-electron chi connectivity index (χ1n) is 12.7. The number of nitrogens with one attached hydrogen (secondary N) is 3. The number of hydrogen-bond donors (Lipinski definition) is 4. The molecular weight excluding hydrogens is 536 g/mol. The van der Waals surface area contributed by atoms with Gasteiger partial charge in [-0.25, -0.2) is 0 Å². The first-order valence-corrected chi connectivity index (χ1v) is 13.6. The van der Waals surface area contributed by atoms with Crippen LogP contribution in [0.5, 0.6) is 0 Å². The Kier molecular flexibility index (Phi) is 9.69. The second-order valence-electron chi connectivity index (χ2n) is 9.05. The molecule has 4 amide bonds. The molecule has 0 fully saturated rings. The number of carbonyl (C=O) groups excluding carboxylic acids is 4. The van der Waals surface area contributed by atoms with Gasteiger partial charge in [0.1, 0.15) is 5.70 Å². The smallest absolute Gasteiger partial charge is 0.272 e. The Labute approximate surface area is 242 Å². The van der Waals surface area contributed by atoms with Crippen LogP contribution in [0.2, 0.25) is 0 Å². The third-order valence-corrected chi connectivity index (χ3v) is 6.86. The highest BCUT2D eigenvalue weighted by Crippen LogP contribution is 2.21. The molecule has 4 aromatic rings. The van der Waals surface area contributed by atoms with Gasteiger partial charge < -0.3 is 21.7 Å². The minimum atomic E-state index is -0.534. The van der Waals surface area contributed by atoms with Crippen molar-refractivity contribution in [1.29, 1.82) is 0 Å². The molecule has 0 heterocycles. The van der Waals surface area contributed by atoms with E-state index in [1.165, 1.54) is 11.8 Å². The maximum Gasteiger partial charge on any atom is 0.272 e. The number of carbonyl (C=O) groups is 4. The third kappa shape index (κ3) is 8.67. The highest BCUT2D eigenvalue weighted by molar-refractivity contribution is 8.00. The largest absolute Gasteiger partial charge is 0.366 e. The van der Waals surface area contributed by atoms with Crippen LogP contribution in [0.15, 0.2) is 114 Å². The van der Waals surface area contributed by atoms with Crippen molar-refractivity contribution in [2.75, 3.05) is 16.4 Å². The summed E-state index contributed by atoms with van der Waals surface area (Å²) < 4.78 is 0. The van der Waals surface area contributed by atoms with Crippen LogP contribution in [-0.4, -0.2) is 29.4 Å². The minimum absolute atomic E-state index is 0.0988. The van der Waals surface area contributed by atoms with Crippen molar-refractivity contribution >= 4 is 52.8 Å². The van der Waals surface area contributed by atoms with Crippen molar-refractivity contribution < 1.29 is 19.2 Å². The van der Waals surface area contributed by atoms with Crippen molar-refractivity contribution in [1.82, 2.24) is 5.32 Å². The molecule has 4 rings (SSSR count). The average molecular weight is 565 g/mol. The quantitative estimate of drug-likeness (QED) is 0.155. The number of thioether (sulfide) groups is 1. The van der Waals surface area contributed by atoms with Crippen LogP contribution in [0, 0.1) is 6.92 Å². The van der Waals surface area contributed by atoms with E-state index in [9.17, 15) is 19.2 Å². The first-order chi connectivity index (χ1) is 19.8. The lowest BCUT2D eigenvalue weighted by Gasteiger charge is -2.12. The van der Waals surface area contributed by atoms with E-state index in [4.69, 9.17) is 5.73 Å². The van der Waals surface area contributed by atoms with Crippen LogP contribution in [0.4, 0.5) is 11.4 Å². The van der Waals surface area contributed by atoms with Gasteiger partial charge in [-0.05, 0) is 79.2 Å². The Hall–Kier alpha value is -5.15. The highest BCUT2D eigenvalue weighted by atomic mass is 32.2. The number of rotatable bonds is 10. The Bertz CT molecular complexity index is 1570. The van der Waals surface area contributed by atoms with Gasteiger partial charge >= 0.3 is 0 Å². The van der Waals surface area contributed by atoms with Gasteiger partial charge in [-0.3, -0.25) is 19.2 Å². The zero-order chi connectivity index (χ0) is 29.2. The summed E-state index contributed by atoms with van der Waals surface area (Å²) in [4.78, 5) is 50.3. The molecule has 0 aliphatic carbocycles. The Morgan fingerprint density at radius 2 is 1.34 bits per heavy atom. The minimum Gasteiger partial charge on any atom is -0.366 e. The fourth-order valence-electron chi connectivity index (χ4n) is 3.67. The van der Waals surface area contributed by atoms with E-state index >= 15 is 0 Å². The van der Waals surface area contributed by atoms with E-state index in [0.29, 0.717) is 22.5 Å². The molecular formula is C32H28N4O4S. The van der Waals surface area contributed by atoms with Crippen molar-refractivity contribution in [3.8, 4) is 0 Å². The summed E-state index contributed by atoms with van der Waals surface area (Å²) in [5, 5.41) is 8.32. The topological polar surface area (TPSA) is 130 Å². The molecule has 0 atom stereocenters. The Morgan fingerprint density at radius 1 is 0.732 bits per heavy atom. The second kappa shape index (κ2) is 13.8. The summed E-state index contributed by atoms with van der Waals surface area (Å²) in [7, 11) is 0. The number of nitrogens with two attached hydrogens (primary N) is 1. The van der Waals surface area contributed by atoms with Crippen molar-refractivity contribution in [2.24, 2.45) is 5.73 Å². The van der Waals surface area contributed by atoms with Crippen LogP contribution < -0.4 is 21.7 Å². The number of primary amides is 1. The molecule has 0 saturated heterocycles. The molecule has 0 unspecified atom stereocenters. The fourth-order valence-corrected chi connectivity index (χ4v) is 4.37. The predicted molar refractivity (Wildman–Crippen MR) is 162 cm³/mol. The molecule has 0 aliphatic rings. The molecule has 4 aromatic carbocycles. The predicted octanol–water partition coefficient (Wildman–Crippen LogP) is 5.23. The number of aryl methyl sites for hydroxylation is 1. The monoisotopic (exact) mass is 564 g/mol. The van der Waals surface area contributed by atoms with E-state index < -0.39 is 17.7 Å². The first kappa shape index (κ1) is 28.8. The highest BCUT2D eigenvalue weighted by Gasteiger charge is 2.15. The van der Waals surface area contributed by atoms with Crippen molar-refractivity contribution in [3.63, 3.8) is 0 Å². The molecule has 0 aromatic heterocycles. The summed E-state index contributed by atoms with van der Waals surface area (Å²) in [5.41, 5.74) is 9.07. The van der Waals surface area contributed by atoms with Gasteiger partial charge in [-0.2, -0.15) is 0 Å². The van der Waals surface area contributed by atoms with Gasteiger partial charge in [0, 0.05) is 27.4 Å². The zero-order valence-corrected chi connectivity index (χ0v) is 23.0. The Morgan fingerprint density at radius 3 is 1.98 bits per heavy atom. The lowest BCUT2D eigenvalue weighted by atomic mass is 10.1. The van der Waals surface area contributed by atoms with Crippen LogP contribution >= 0.6 is 11.8 Å². The molecule has 0 saturated carbocycles. The average Bonchev–Trinajstić information content (AvgIpc) is 2.98. The molecule has 0 bridgehead atoms. The summed E-state index contributed by atoms with van der Waals surface area (Å²) in [6, 6.07) is 29.6. The van der Waals surface area contributed by atoms with Crippen LogP contribution in [-0.2, 0) is 9.59 Å². The molecule has 0 radical (unpaired) electrons. The van der Waals surface area contributed by atoms with Gasteiger partial charge in [-0.1, -0.05) is 48.0 Å². The number of anilines is 2. The summed E-state index contributed by atoms with van der Waals surface area (Å²) in [5.74, 6) is -1.45. The molecule has 41 heavy (non-hydrogen) atoms. The summed E-state index contributed by atoms with van der Waals surface area (Å²) in [6.07, 6.45) is 1.62. The summed E-state index contributed by atoms with van der Waals surface area (Å²) >= 11 is 1.33. The van der Waals surface area contributed by atoms with Gasteiger partial charge in [0.15, 0.2) is 0 Å². The van der Waals surface area contributed by atoms with E-state index in [0.717, 1.165) is 16.0 Å². The maximum absolute atomic E-state index is 13.2. The lowest BCUT2D eigenvalue weighted by molar-refractivity contribution is -0.114. The summed E-state index contributed by atoms with van der Waals surface area (Å²) in [6.45, 7) is 1.97. The number of hydrogen-bond acceptors (Lipinski definition) is 5. The van der Waals surface area contributed by atoms with E-state index in [2.05, 4.69) is 16.0 Å². The molecule has 5 N–H and O–H groups in total. The number of benzene rings is 4. The second-order valence-corrected chi connectivity index (χ2v) is 10.1. The van der Waals surface area contributed by atoms with Crippen LogP contribution in [0.1, 0.15) is 31.8 Å². The molecule has 0 spiro atoms. The van der Waals surface area contributed by atoms with Gasteiger partial charge in [0.05, 0.1) is 5.75 Å². The lowest BCUT2D eigenvalue weighted by Crippen LogP contribution is -2.30.